The molecule has 4 aromatic rings. The number of carbonyl (C=O) groups excluding carboxylic acids is 1. The van der Waals surface area contributed by atoms with Crippen molar-refractivity contribution in [2.45, 2.75) is 39.9 Å². The first-order chi connectivity index (χ1) is 15.6. The standard InChI is InChI=1S/C29H30N2O/c1-3-24-15-17-27(18-16-24)29(32)31(21-25-8-5-4-6-9-25)22-28-10-7-19-30(28)20-26-13-11-23(2)12-14-26/h4-19H,3,20-22H2,1-2H3. The number of aromatic nitrogens is 1. The molecule has 3 heteroatoms. The first-order valence-corrected chi connectivity index (χ1v) is 11.2. The Bertz CT molecular complexity index is 1140. The fourth-order valence-corrected chi connectivity index (χ4v) is 3.90. The Hall–Kier alpha value is -3.59. The molecule has 0 N–H and O–H groups in total. The molecule has 0 bridgehead atoms. The largest absolute Gasteiger partial charge is 0.345 e. The van der Waals surface area contributed by atoms with Crippen molar-refractivity contribution in [1.29, 1.82) is 0 Å². The van der Waals surface area contributed by atoms with Crippen molar-refractivity contribution in [2.75, 3.05) is 0 Å². The average molecular weight is 423 g/mol. The summed E-state index contributed by atoms with van der Waals surface area (Å²) in [7, 11) is 0. The van der Waals surface area contributed by atoms with Gasteiger partial charge in [-0.15, -0.1) is 0 Å². The molecule has 162 valence electrons. The third-order valence-electron chi connectivity index (χ3n) is 5.86. The van der Waals surface area contributed by atoms with Crippen molar-refractivity contribution in [3.63, 3.8) is 0 Å². The summed E-state index contributed by atoms with van der Waals surface area (Å²) >= 11 is 0. The van der Waals surface area contributed by atoms with Gasteiger partial charge >= 0.3 is 0 Å². The van der Waals surface area contributed by atoms with Crippen molar-refractivity contribution in [1.82, 2.24) is 9.47 Å². The van der Waals surface area contributed by atoms with Gasteiger partial charge in [-0.05, 0) is 54.3 Å². The lowest BCUT2D eigenvalue weighted by atomic mass is 10.1. The molecule has 0 saturated carbocycles. The van der Waals surface area contributed by atoms with Gasteiger partial charge in [0.25, 0.3) is 5.91 Å². The molecule has 0 aliphatic heterocycles. The quantitative estimate of drug-likeness (QED) is 0.329. The van der Waals surface area contributed by atoms with E-state index in [1.54, 1.807) is 0 Å². The van der Waals surface area contributed by atoms with E-state index in [9.17, 15) is 4.79 Å². The Morgan fingerprint density at radius 2 is 1.44 bits per heavy atom. The van der Waals surface area contributed by atoms with Crippen LogP contribution in [0, 0.1) is 6.92 Å². The van der Waals surface area contributed by atoms with E-state index in [1.165, 1.54) is 16.7 Å². The zero-order chi connectivity index (χ0) is 22.3. The lowest BCUT2D eigenvalue weighted by Crippen LogP contribution is -2.31. The van der Waals surface area contributed by atoms with Crippen molar-refractivity contribution in [2.24, 2.45) is 0 Å². The lowest BCUT2D eigenvalue weighted by Gasteiger charge is -2.24. The van der Waals surface area contributed by atoms with Crippen molar-refractivity contribution >= 4 is 5.91 Å². The van der Waals surface area contributed by atoms with E-state index in [1.807, 2.05) is 47.4 Å². The van der Waals surface area contributed by atoms with Gasteiger partial charge in [0.15, 0.2) is 0 Å². The predicted molar refractivity (Wildman–Crippen MR) is 131 cm³/mol. The molecule has 3 aromatic carbocycles. The maximum atomic E-state index is 13.5. The van der Waals surface area contributed by atoms with Crippen LogP contribution in [-0.4, -0.2) is 15.4 Å². The first-order valence-electron chi connectivity index (χ1n) is 11.2. The fraction of sp³-hybridized carbons (Fsp3) is 0.207. The summed E-state index contributed by atoms with van der Waals surface area (Å²) in [5, 5.41) is 0. The van der Waals surface area contributed by atoms with E-state index in [-0.39, 0.29) is 5.91 Å². The Balaban J connectivity index is 1.58. The average Bonchev–Trinajstić information content (AvgIpc) is 3.27. The molecule has 0 aliphatic carbocycles. The molecule has 0 spiro atoms. The second kappa shape index (κ2) is 10.1. The monoisotopic (exact) mass is 422 g/mol. The normalized spacial score (nSPS) is 10.8. The van der Waals surface area contributed by atoms with E-state index >= 15 is 0 Å². The number of carbonyl (C=O) groups is 1. The number of aryl methyl sites for hydroxylation is 2. The van der Waals surface area contributed by atoms with E-state index in [0.717, 1.165) is 29.8 Å². The van der Waals surface area contributed by atoms with Crippen molar-refractivity contribution in [3.05, 3.63) is 131 Å². The maximum Gasteiger partial charge on any atom is 0.254 e. The van der Waals surface area contributed by atoms with Crippen LogP contribution in [0.15, 0.2) is 97.2 Å². The molecule has 0 atom stereocenters. The molecule has 0 radical (unpaired) electrons. The fourth-order valence-electron chi connectivity index (χ4n) is 3.90. The summed E-state index contributed by atoms with van der Waals surface area (Å²) in [5.41, 5.74) is 6.74. The second-order valence-corrected chi connectivity index (χ2v) is 8.31. The van der Waals surface area contributed by atoms with Crippen LogP contribution in [0.25, 0.3) is 0 Å². The third-order valence-corrected chi connectivity index (χ3v) is 5.86. The first kappa shape index (κ1) is 21.6. The SMILES string of the molecule is CCc1ccc(C(=O)N(Cc2ccccc2)Cc2cccn2Cc2ccc(C)cc2)cc1. The lowest BCUT2D eigenvalue weighted by molar-refractivity contribution is 0.0726. The highest BCUT2D eigenvalue weighted by Crippen LogP contribution is 2.17. The van der Waals surface area contributed by atoms with Gasteiger partial charge < -0.3 is 9.47 Å². The third kappa shape index (κ3) is 5.36. The number of benzene rings is 3. The summed E-state index contributed by atoms with van der Waals surface area (Å²) in [4.78, 5) is 15.4. The Morgan fingerprint density at radius 1 is 0.750 bits per heavy atom. The highest BCUT2D eigenvalue weighted by atomic mass is 16.2. The van der Waals surface area contributed by atoms with Gasteiger partial charge in [0.1, 0.15) is 0 Å². The van der Waals surface area contributed by atoms with Crippen LogP contribution >= 0.6 is 0 Å². The number of rotatable bonds is 8. The number of amides is 1. The van der Waals surface area contributed by atoms with Gasteiger partial charge in [-0.3, -0.25) is 4.79 Å². The highest BCUT2D eigenvalue weighted by molar-refractivity contribution is 5.94. The smallest absolute Gasteiger partial charge is 0.254 e. The molecule has 0 aliphatic rings. The number of hydrogen-bond donors (Lipinski definition) is 0. The Morgan fingerprint density at radius 3 is 2.12 bits per heavy atom. The minimum atomic E-state index is 0.0552. The summed E-state index contributed by atoms with van der Waals surface area (Å²) in [5.74, 6) is 0.0552. The highest BCUT2D eigenvalue weighted by Gasteiger charge is 2.18. The molecule has 0 unspecified atom stereocenters. The summed E-state index contributed by atoms with van der Waals surface area (Å²) < 4.78 is 2.23. The maximum absolute atomic E-state index is 13.5. The second-order valence-electron chi connectivity index (χ2n) is 8.31. The van der Waals surface area contributed by atoms with Crippen LogP contribution < -0.4 is 0 Å². The molecule has 1 aromatic heterocycles. The van der Waals surface area contributed by atoms with E-state index < -0.39 is 0 Å². The van der Waals surface area contributed by atoms with E-state index in [2.05, 4.69) is 73.1 Å². The Kier molecular flexibility index (Phi) is 6.86. The van der Waals surface area contributed by atoms with Crippen molar-refractivity contribution in [3.8, 4) is 0 Å². The summed E-state index contributed by atoms with van der Waals surface area (Å²) in [6.07, 6.45) is 3.06. The topological polar surface area (TPSA) is 25.2 Å². The van der Waals surface area contributed by atoms with E-state index in [0.29, 0.717) is 13.1 Å². The van der Waals surface area contributed by atoms with Crippen LogP contribution in [0.1, 0.15) is 45.2 Å². The number of hydrogen-bond acceptors (Lipinski definition) is 1. The minimum absolute atomic E-state index is 0.0552. The van der Waals surface area contributed by atoms with Crippen LogP contribution in [0.4, 0.5) is 0 Å². The zero-order valence-electron chi connectivity index (χ0n) is 18.9. The molecular formula is C29H30N2O. The zero-order valence-corrected chi connectivity index (χ0v) is 18.9. The molecule has 3 nitrogen and oxygen atoms in total. The van der Waals surface area contributed by atoms with Gasteiger partial charge in [-0.2, -0.15) is 0 Å². The van der Waals surface area contributed by atoms with Crippen LogP contribution in [-0.2, 0) is 26.1 Å². The summed E-state index contributed by atoms with van der Waals surface area (Å²) in [6, 6.07) is 31.0. The molecule has 1 amide bonds. The number of nitrogens with zero attached hydrogens (tertiary/aromatic N) is 2. The van der Waals surface area contributed by atoms with Crippen LogP contribution in [0.2, 0.25) is 0 Å². The summed E-state index contributed by atoms with van der Waals surface area (Å²) in [6.45, 7) is 6.15. The van der Waals surface area contributed by atoms with E-state index in [4.69, 9.17) is 0 Å². The van der Waals surface area contributed by atoms with Gasteiger partial charge in [0, 0.05) is 30.5 Å². The molecule has 1 heterocycles. The van der Waals surface area contributed by atoms with Gasteiger partial charge in [-0.1, -0.05) is 79.2 Å². The minimum Gasteiger partial charge on any atom is -0.345 e. The predicted octanol–water partition coefficient (Wildman–Crippen LogP) is 6.25. The molecular weight excluding hydrogens is 392 g/mol. The molecule has 0 saturated heterocycles. The molecule has 4 rings (SSSR count). The molecule has 0 fully saturated rings. The van der Waals surface area contributed by atoms with Gasteiger partial charge in [0.2, 0.25) is 0 Å². The van der Waals surface area contributed by atoms with Crippen LogP contribution in [0.5, 0.6) is 0 Å². The van der Waals surface area contributed by atoms with Crippen molar-refractivity contribution < 1.29 is 4.79 Å². The van der Waals surface area contributed by atoms with Gasteiger partial charge in [0.05, 0.1) is 6.54 Å². The van der Waals surface area contributed by atoms with Gasteiger partial charge in [-0.25, -0.2) is 0 Å². The molecule has 32 heavy (non-hydrogen) atoms. The Labute approximate surface area is 190 Å². The van der Waals surface area contributed by atoms with Crippen LogP contribution in [0.3, 0.4) is 0 Å².